The number of benzene rings is 1. The highest BCUT2D eigenvalue weighted by Crippen LogP contribution is 2.43. The molecule has 52 heavy (non-hydrogen) atoms. The van der Waals surface area contributed by atoms with Crippen LogP contribution in [0.4, 0.5) is 0 Å². The maximum absolute atomic E-state index is 13.3. The molecule has 0 bridgehead atoms. The van der Waals surface area contributed by atoms with E-state index in [0.29, 0.717) is 19.8 Å². The van der Waals surface area contributed by atoms with Gasteiger partial charge in [-0.15, -0.1) is 0 Å². The van der Waals surface area contributed by atoms with Gasteiger partial charge in [0.2, 0.25) is 11.8 Å². The average molecular weight is 706 g/mol. The van der Waals surface area contributed by atoms with Crippen molar-refractivity contribution in [2.75, 3.05) is 26.2 Å². The average Bonchev–Trinajstić information content (AvgIpc) is 3.99. The van der Waals surface area contributed by atoms with Gasteiger partial charge in [-0.25, -0.2) is 9.97 Å². The third kappa shape index (κ3) is 5.95. The molecule has 5 N–H and O–H groups in total. The number of hydrogen-bond acceptors (Lipinski definition) is 7. The van der Waals surface area contributed by atoms with Crippen LogP contribution < -0.4 is 11.1 Å². The first kappa shape index (κ1) is 34.4. The van der Waals surface area contributed by atoms with Crippen LogP contribution in [0.1, 0.15) is 102 Å². The highest BCUT2D eigenvalue weighted by Gasteiger charge is 2.45. The first-order chi connectivity index (χ1) is 25.2. The molecule has 3 atom stereocenters. The summed E-state index contributed by atoms with van der Waals surface area (Å²) in [7, 11) is 0. The van der Waals surface area contributed by atoms with Crippen LogP contribution in [-0.4, -0.2) is 78.3 Å². The summed E-state index contributed by atoms with van der Waals surface area (Å²) in [6.07, 6.45) is 12.3. The topological polar surface area (TPSA) is 150 Å². The van der Waals surface area contributed by atoms with Crippen molar-refractivity contribution in [3.05, 3.63) is 71.5 Å². The van der Waals surface area contributed by atoms with Crippen molar-refractivity contribution < 1.29 is 14.3 Å². The van der Waals surface area contributed by atoms with Crippen molar-refractivity contribution >= 4 is 33.9 Å². The van der Waals surface area contributed by atoms with E-state index in [-0.39, 0.29) is 23.8 Å². The number of ether oxygens (including phenoxy) is 1. The first-order valence-electron chi connectivity index (χ1n) is 19.0. The molecule has 4 aromatic rings. The second-order valence-corrected chi connectivity index (χ2v) is 15.4. The van der Waals surface area contributed by atoms with Crippen LogP contribution >= 0.6 is 0 Å². The number of fused-ring (bicyclic) bond motifs is 4. The molecule has 2 amide bonds. The third-order valence-electron chi connectivity index (χ3n) is 11.6. The van der Waals surface area contributed by atoms with Crippen LogP contribution in [0.2, 0.25) is 0 Å². The second-order valence-electron chi connectivity index (χ2n) is 15.4. The van der Waals surface area contributed by atoms with E-state index in [0.717, 1.165) is 109 Å². The molecule has 4 aliphatic rings. The maximum atomic E-state index is 13.3. The number of H-pyrrole nitrogens is 2. The van der Waals surface area contributed by atoms with Gasteiger partial charge in [0.15, 0.2) is 6.73 Å². The van der Waals surface area contributed by atoms with Crippen LogP contribution in [0, 0.1) is 5.92 Å². The van der Waals surface area contributed by atoms with E-state index >= 15 is 0 Å². The lowest BCUT2D eigenvalue weighted by molar-refractivity contribution is -0.138. The first-order valence-corrected chi connectivity index (χ1v) is 19.0. The number of carbonyl (C=O) groups excluding carboxylic acids is 2. The van der Waals surface area contributed by atoms with Crippen LogP contribution in [0.25, 0.3) is 33.3 Å². The number of aromatic nitrogens is 5. The molecule has 274 valence electrons. The van der Waals surface area contributed by atoms with Gasteiger partial charge in [0, 0.05) is 29.6 Å². The van der Waals surface area contributed by atoms with Gasteiger partial charge in [0.05, 0.1) is 59.2 Å². The van der Waals surface area contributed by atoms with Gasteiger partial charge in [-0.3, -0.25) is 9.59 Å². The molecule has 6 heterocycles. The molecule has 1 aliphatic carbocycles. The largest absolute Gasteiger partial charge is 0.472 e. The Morgan fingerprint density at radius 2 is 1.94 bits per heavy atom. The summed E-state index contributed by atoms with van der Waals surface area (Å²) in [4.78, 5) is 46.8. The molecule has 8 rings (SSSR count). The lowest BCUT2D eigenvalue weighted by atomic mass is 9.92. The summed E-state index contributed by atoms with van der Waals surface area (Å²) in [5, 5.41) is 4.39. The van der Waals surface area contributed by atoms with Crippen LogP contribution in [0.15, 0.2) is 48.5 Å². The van der Waals surface area contributed by atoms with Gasteiger partial charge in [-0.2, -0.15) is 0 Å². The Bertz CT molecular complexity index is 2070. The smallest absolute Gasteiger partial charge is 0.240 e. The number of carbonyl (C=O) groups is 2. The van der Waals surface area contributed by atoms with Gasteiger partial charge in [0.1, 0.15) is 17.4 Å². The summed E-state index contributed by atoms with van der Waals surface area (Å²) < 4.78 is 8.65. The molecular weight excluding hydrogens is 655 g/mol. The zero-order valence-corrected chi connectivity index (χ0v) is 30.8. The minimum atomic E-state index is -0.522. The van der Waals surface area contributed by atoms with Crippen molar-refractivity contribution in [2.24, 2.45) is 11.7 Å². The number of likely N-dealkylation sites (tertiary alicyclic amines) is 2. The Morgan fingerprint density at radius 1 is 1.10 bits per heavy atom. The molecule has 3 unspecified atom stereocenters. The van der Waals surface area contributed by atoms with Crippen LogP contribution in [0.5, 0.6) is 0 Å². The summed E-state index contributed by atoms with van der Waals surface area (Å²) >= 11 is 0. The Hall–Kier alpha value is -4.68. The number of aromatic amines is 2. The summed E-state index contributed by atoms with van der Waals surface area (Å²) in [5.41, 5.74) is 13.4. The minimum Gasteiger partial charge on any atom is -0.472 e. The van der Waals surface area contributed by atoms with Crippen molar-refractivity contribution in [2.45, 2.75) is 97.0 Å². The van der Waals surface area contributed by atoms with Crippen LogP contribution in [0.3, 0.4) is 0 Å². The normalized spacial score (nSPS) is 22.2. The number of nitrogens with two attached hydrogens (primary N) is 1. The van der Waals surface area contributed by atoms with E-state index in [1.807, 2.05) is 36.0 Å². The van der Waals surface area contributed by atoms with E-state index in [1.165, 1.54) is 11.3 Å². The van der Waals surface area contributed by atoms with E-state index in [4.69, 9.17) is 20.4 Å². The summed E-state index contributed by atoms with van der Waals surface area (Å²) in [6.45, 7) is 11.3. The van der Waals surface area contributed by atoms with Crippen LogP contribution in [-0.2, 0) is 26.6 Å². The summed E-state index contributed by atoms with van der Waals surface area (Å²) in [5.74, 6) is 2.76. The second kappa shape index (κ2) is 13.7. The Morgan fingerprint density at radius 3 is 2.77 bits per heavy atom. The lowest BCUT2D eigenvalue weighted by Gasteiger charge is -2.36. The van der Waals surface area contributed by atoms with Gasteiger partial charge >= 0.3 is 0 Å². The molecule has 2 saturated heterocycles. The Balaban J connectivity index is 1.01. The number of nitrogens with zero attached hydrogens (tertiary/aromatic N) is 5. The molecular formula is C40H51N9O3. The van der Waals surface area contributed by atoms with Gasteiger partial charge in [0.25, 0.3) is 0 Å². The number of amides is 2. The van der Waals surface area contributed by atoms with E-state index < -0.39 is 11.6 Å². The number of rotatable bonds is 10. The molecule has 12 nitrogen and oxygen atoms in total. The SMILES string of the molecule is CCCNCC(=O)N1CCCC1c1ncc(-c2ccc3c(c2)cc2n3COC3=C2CCC(c2cnc(C4(C)CCCN4C(=O)C(N)C(C)C)[nH]2)=C3)[nH]1. The monoisotopic (exact) mass is 705 g/mol. The van der Waals surface area contributed by atoms with Gasteiger partial charge < -0.3 is 40.1 Å². The van der Waals surface area contributed by atoms with Crippen molar-refractivity contribution in [3.8, 4) is 11.3 Å². The molecule has 3 aliphatic heterocycles. The molecule has 3 aromatic heterocycles. The fraction of sp³-hybridized carbons (Fsp3) is 0.500. The van der Waals surface area contributed by atoms with E-state index in [9.17, 15) is 9.59 Å². The number of allylic oxidation sites excluding steroid dienone is 3. The van der Waals surface area contributed by atoms with Crippen molar-refractivity contribution in [3.63, 3.8) is 0 Å². The quantitative estimate of drug-likeness (QED) is 0.152. The lowest BCUT2D eigenvalue weighted by Crippen LogP contribution is -2.52. The molecule has 0 radical (unpaired) electrons. The predicted molar refractivity (Wildman–Crippen MR) is 201 cm³/mol. The van der Waals surface area contributed by atoms with E-state index in [2.05, 4.69) is 64.0 Å². The molecule has 12 heteroatoms. The van der Waals surface area contributed by atoms with Crippen molar-refractivity contribution in [1.82, 2.24) is 39.6 Å². The number of hydrogen-bond donors (Lipinski definition) is 4. The molecule has 0 spiro atoms. The molecule has 0 saturated carbocycles. The number of imidazole rings is 2. The zero-order chi connectivity index (χ0) is 36.1. The standard InChI is InChI=1S/C40H51N9O3/c1-5-14-42-22-35(50)47-15-6-8-32(47)37-43-20-29(45-37)25-10-12-31-27(17-25)18-33-28-11-9-26(19-34(28)52-23-48(31)33)30-21-44-39(46-30)40(4)13-7-16-49(40)38(51)36(41)24(2)3/h10,12,17-21,24,32,36,42H,5-9,11,13-16,22-23,41H2,1-4H3,(H,43,45)(H,44,46). The fourth-order valence-electron chi connectivity index (χ4n) is 8.52. The van der Waals surface area contributed by atoms with Crippen molar-refractivity contribution in [1.29, 1.82) is 0 Å². The van der Waals surface area contributed by atoms with Gasteiger partial charge in [-0.05, 0) is 94.2 Å². The highest BCUT2D eigenvalue weighted by atomic mass is 16.5. The van der Waals surface area contributed by atoms with Gasteiger partial charge in [-0.1, -0.05) is 26.8 Å². The summed E-state index contributed by atoms with van der Waals surface area (Å²) in [6, 6.07) is 8.24. The zero-order valence-electron chi connectivity index (χ0n) is 30.8. The minimum absolute atomic E-state index is 0.00776. The predicted octanol–water partition coefficient (Wildman–Crippen LogP) is 5.81. The Labute approximate surface area is 304 Å². The fourth-order valence-corrected chi connectivity index (χ4v) is 8.52. The van der Waals surface area contributed by atoms with E-state index in [1.54, 1.807) is 0 Å². The number of nitrogens with one attached hydrogen (secondary N) is 3. The highest BCUT2D eigenvalue weighted by molar-refractivity contribution is 5.91. The Kier molecular flexibility index (Phi) is 9.07. The molecule has 2 fully saturated rings. The third-order valence-corrected chi connectivity index (χ3v) is 11.6. The molecule has 1 aromatic carbocycles. The maximum Gasteiger partial charge on any atom is 0.240 e.